The second kappa shape index (κ2) is 9.43. The molecule has 0 spiro atoms. The van der Waals surface area contributed by atoms with Crippen LogP contribution in [0.1, 0.15) is 16.8 Å². The summed E-state index contributed by atoms with van der Waals surface area (Å²) in [5, 5.41) is 8.78. The highest BCUT2D eigenvalue weighted by molar-refractivity contribution is 7.89. The van der Waals surface area contributed by atoms with Crippen molar-refractivity contribution in [2.75, 3.05) is 25.0 Å². The molecular weight excluding hydrogens is 376 g/mol. The van der Waals surface area contributed by atoms with E-state index in [0.717, 1.165) is 0 Å². The zero-order valence-corrected chi connectivity index (χ0v) is 15.5. The third kappa shape index (κ3) is 5.92. The van der Waals surface area contributed by atoms with E-state index in [9.17, 15) is 18.0 Å². The largest absolute Gasteiger partial charge is 0.351 e. The maximum absolute atomic E-state index is 12.1. The van der Waals surface area contributed by atoms with E-state index in [1.807, 2.05) is 0 Å². The fraction of sp³-hybridized carbons (Fsp3) is 0.250. The van der Waals surface area contributed by atoms with Crippen molar-refractivity contribution in [1.82, 2.24) is 10.0 Å². The maximum atomic E-state index is 12.1. The number of carbonyl (C=O) groups is 2. The van der Waals surface area contributed by atoms with Gasteiger partial charge in [-0.05, 0) is 29.6 Å². The van der Waals surface area contributed by atoms with Crippen molar-refractivity contribution in [3.8, 4) is 0 Å². The highest BCUT2D eigenvalue weighted by atomic mass is 32.2. The molecule has 1 aromatic heterocycles. The SMILES string of the molecule is NCCNS(=O)(=O)c1cccc(NC(=O)CCNC(=O)c2ccsc2)c1. The Morgan fingerprint density at radius 2 is 1.96 bits per heavy atom. The number of benzene rings is 1. The average Bonchev–Trinajstić information content (AvgIpc) is 3.15. The first-order chi connectivity index (χ1) is 12.4. The highest BCUT2D eigenvalue weighted by Crippen LogP contribution is 2.15. The van der Waals surface area contributed by atoms with Crippen LogP contribution in [0.2, 0.25) is 0 Å². The number of hydrogen-bond acceptors (Lipinski definition) is 6. The van der Waals surface area contributed by atoms with E-state index in [1.54, 1.807) is 22.9 Å². The first kappa shape index (κ1) is 20.0. The molecule has 2 amide bonds. The van der Waals surface area contributed by atoms with Gasteiger partial charge in [0.25, 0.3) is 5.91 Å². The molecule has 0 saturated carbocycles. The number of carbonyl (C=O) groups excluding carboxylic acids is 2. The molecule has 0 aliphatic rings. The van der Waals surface area contributed by atoms with Gasteiger partial charge in [-0.3, -0.25) is 9.59 Å². The summed E-state index contributed by atoms with van der Waals surface area (Å²) in [5.74, 6) is -0.571. The summed E-state index contributed by atoms with van der Waals surface area (Å²) in [6, 6.07) is 7.61. The van der Waals surface area contributed by atoms with Gasteiger partial charge in [0.15, 0.2) is 0 Å². The van der Waals surface area contributed by atoms with Gasteiger partial charge in [0.2, 0.25) is 15.9 Å². The van der Waals surface area contributed by atoms with Gasteiger partial charge in [0, 0.05) is 42.7 Å². The monoisotopic (exact) mass is 396 g/mol. The van der Waals surface area contributed by atoms with Crippen molar-refractivity contribution in [3.05, 3.63) is 46.7 Å². The molecule has 5 N–H and O–H groups in total. The Labute approximate surface area is 155 Å². The number of amides is 2. The Bertz CT molecular complexity index is 851. The molecule has 0 atom stereocenters. The van der Waals surface area contributed by atoms with E-state index >= 15 is 0 Å². The van der Waals surface area contributed by atoms with Crippen LogP contribution in [-0.2, 0) is 14.8 Å². The molecule has 0 radical (unpaired) electrons. The number of thiophene rings is 1. The summed E-state index contributed by atoms with van der Waals surface area (Å²) in [6.07, 6.45) is 0.0677. The van der Waals surface area contributed by atoms with E-state index in [4.69, 9.17) is 5.73 Å². The van der Waals surface area contributed by atoms with Crippen LogP contribution in [0.25, 0.3) is 0 Å². The summed E-state index contributed by atoms with van der Waals surface area (Å²) >= 11 is 1.42. The number of nitrogens with one attached hydrogen (secondary N) is 3. The van der Waals surface area contributed by atoms with Gasteiger partial charge < -0.3 is 16.4 Å². The van der Waals surface area contributed by atoms with E-state index in [1.165, 1.54) is 29.5 Å². The smallest absolute Gasteiger partial charge is 0.252 e. The molecule has 1 aromatic carbocycles. The lowest BCUT2D eigenvalue weighted by molar-refractivity contribution is -0.116. The van der Waals surface area contributed by atoms with Crippen molar-refractivity contribution in [3.63, 3.8) is 0 Å². The first-order valence-corrected chi connectivity index (χ1v) is 10.2. The Morgan fingerprint density at radius 3 is 2.65 bits per heavy atom. The van der Waals surface area contributed by atoms with E-state index in [0.29, 0.717) is 11.3 Å². The van der Waals surface area contributed by atoms with Gasteiger partial charge in [-0.1, -0.05) is 6.07 Å². The first-order valence-electron chi connectivity index (χ1n) is 7.82. The maximum Gasteiger partial charge on any atom is 0.252 e. The van der Waals surface area contributed by atoms with E-state index in [2.05, 4.69) is 15.4 Å². The number of nitrogens with two attached hydrogens (primary N) is 1. The van der Waals surface area contributed by atoms with Crippen LogP contribution >= 0.6 is 11.3 Å². The van der Waals surface area contributed by atoms with Crippen LogP contribution in [0.3, 0.4) is 0 Å². The highest BCUT2D eigenvalue weighted by Gasteiger charge is 2.14. The van der Waals surface area contributed by atoms with Crippen LogP contribution in [-0.4, -0.2) is 39.9 Å². The van der Waals surface area contributed by atoms with Gasteiger partial charge in [0.05, 0.1) is 4.90 Å². The van der Waals surface area contributed by atoms with E-state index in [-0.39, 0.29) is 42.8 Å². The Balaban J connectivity index is 1.87. The topological polar surface area (TPSA) is 130 Å². The molecule has 0 fully saturated rings. The van der Waals surface area contributed by atoms with Crippen molar-refractivity contribution in [1.29, 1.82) is 0 Å². The zero-order chi connectivity index (χ0) is 19.0. The lowest BCUT2D eigenvalue weighted by Crippen LogP contribution is -2.29. The second-order valence-electron chi connectivity index (χ2n) is 5.28. The molecule has 8 nitrogen and oxygen atoms in total. The summed E-state index contributed by atoms with van der Waals surface area (Å²) in [7, 11) is -3.67. The minimum atomic E-state index is -3.67. The fourth-order valence-electron chi connectivity index (χ4n) is 2.03. The molecular formula is C16H20N4O4S2. The Hall–Kier alpha value is -2.27. The summed E-state index contributed by atoms with van der Waals surface area (Å²) in [5.41, 5.74) is 6.21. The summed E-state index contributed by atoms with van der Waals surface area (Å²) in [6.45, 7) is 0.492. The molecule has 2 aromatic rings. The lowest BCUT2D eigenvalue weighted by atomic mass is 10.3. The number of anilines is 1. The average molecular weight is 396 g/mol. The molecule has 0 saturated heterocycles. The lowest BCUT2D eigenvalue weighted by Gasteiger charge is -2.09. The van der Waals surface area contributed by atoms with Gasteiger partial charge >= 0.3 is 0 Å². The minimum Gasteiger partial charge on any atom is -0.351 e. The quantitative estimate of drug-likeness (QED) is 0.497. The number of hydrogen-bond donors (Lipinski definition) is 4. The molecule has 0 bridgehead atoms. The van der Waals surface area contributed by atoms with Crippen LogP contribution in [0, 0.1) is 0 Å². The van der Waals surface area contributed by atoms with Gasteiger partial charge in [-0.15, -0.1) is 0 Å². The van der Waals surface area contributed by atoms with Crippen LogP contribution in [0.15, 0.2) is 46.0 Å². The molecule has 0 aliphatic heterocycles. The third-order valence-electron chi connectivity index (χ3n) is 3.29. The standard InChI is InChI=1S/C16H20N4O4S2/c17-6-8-19-26(23,24)14-3-1-2-13(10-14)20-15(21)4-7-18-16(22)12-5-9-25-11-12/h1-3,5,9-11,19H,4,6-8,17H2,(H,18,22)(H,20,21). The molecule has 2 rings (SSSR count). The Morgan fingerprint density at radius 1 is 1.15 bits per heavy atom. The van der Waals surface area contributed by atoms with Crippen molar-refractivity contribution >= 4 is 38.9 Å². The van der Waals surface area contributed by atoms with Crippen molar-refractivity contribution in [2.45, 2.75) is 11.3 Å². The normalized spacial score (nSPS) is 11.1. The van der Waals surface area contributed by atoms with Crippen LogP contribution in [0.4, 0.5) is 5.69 Å². The summed E-state index contributed by atoms with van der Waals surface area (Å²) in [4.78, 5) is 23.8. The predicted octanol–water partition coefficient (Wildman–Crippen LogP) is 0.744. The second-order valence-corrected chi connectivity index (χ2v) is 7.83. The van der Waals surface area contributed by atoms with E-state index < -0.39 is 10.0 Å². The molecule has 140 valence electrons. The molecule has 0 unspecified atom stereocenters. The van der Waals surface area contributed by atoms with Gasteiger partial charge in [-0.2, -0.15) is 11.3 Å². The fourth-order valence-corrected chi connectivity index (χ4v) is 3.76. The minimum absolute atomic E-state index is 0.0366. The zero-order valence-electron chi connectivity index (χ0n) is 13.9. The van der Waals surface area contributed by atoms with Gasteiger partial charge in [-0.25, -0.2) is 13.1 Å². The molecule has 1 heterocycles. The number of rotatable bonds is 9. The van der Waals surface area contributed by atoms with Crippen LogP contribution in [0.5, 0.6) is 0 Å². The van der Waals surface area contributed by atoms with Crippen molar-refractivity contribution in [2.24, 2.45) is 5.73 Å². The van der Waals surface area contributed by atoms with Gasteiger partial charge in [0.1, 0.15) is 0 Å². The van der Waals surface area contributed by atoms with Crippen molar-refractivity contribution < 1.29 is 18.0 Å². The summed E-state index contributed by atoms with van der Waals surface area (Å²) < 4.78 is 26.5. The Kier molecular flexibility index (Phi) is 7.27. The molecule has 10 heteroatoms. The number of sulfonamides is 1. The third-order valence-corrected chi connectivity index (χ3v) is 5.43. The van der Waals surface area contributed by atoms with Crippen LogP contribution < -0.4 is 21.1 Å². The molecule has 26 heavy (non-hydrogen) atoms. The molecule has 0 aliphatic carbocycles. The predicted molar refractivity (Wildman–Crippen MR) is 101 cm³/mol.